The first-order chi connectivity index (χ1) is 14.8. The fourth-order valence-electron chi connectivity index (χ4n) is 9.55. The first-order valence-electron chi connectivity index (χ1n) is 13.3. The molecule has 3 nitrogen and oxygen atoms in total. The number of carbonyl (C=O) groups excluding carboxylic acids is 1. The molecule has 0 amide bonds. The first-order valence-corrected chi connectivity index (χ1v) is 13.3. The third-order valence-electron chi connectivity index (χ3n) is 11.7. The number of hydrogen-bond donors (Lipinski definition) is 2. The SMILES string of the molecule is C=C1CCC2C(C)(C)C(O)CC[C@]2(C)C1CCC1C(=O)CCC2C(C)(C)C(O)CC[C@]12C. The summed E-state index contributed by atoms with van der Waals surface area (Å²) in [6.07, 6.45) is 9.00. The maximum absolute atomic E-state index is 13.3. The molecule has 0 radical (unpaired) electrons. The highest BCUT2D eigenvalue weighted by molar-refractivity contribution is 5.82. The Bertz CT molecular complexity index is 702. The second-order valence-electron chi connectivity index (χ2n) is 13.8. The van der Waals surface area contributed by atoms with Gasteiger partial charge in [0.1, 0.15) is 5.78 Å². The van der Waals surface area contributed by atoms with Gasteiger partial charge >= 0.3 is 0 Å². The third-order valence-corrected chi connectivity index (χ3v) is 11.7. The first kappa shape index (κ1) is 24.5. The van der Waals surface area contributed by atoms with Crippen molar-refractivity contribution in [3.05, 3.63) is 12.2 Å². The van der Waals surface area contributed by atoms with Gasteiger partial charge in [0.15, 0.2) is 0 Å². The predicted molar refractivity (Wildman–Crippen MR) is 130 cm³/mol. The topological polar surface area (TPSA) is 57.5 Å². The molecule has 3 heteroatoms. The van der Waals surface area contributed by atoms with E-state index in [4.69, 9.17) is 0 Å². The molecule has 0 spiro atoms. The summed E-state index contributed by atoms with van der Waals surface area (Å²) in [5, 5.41) is 21.5. The van der Waals surface area contributed by atoms with Crippen LogP contribution in [0.1, 0.15) is 106 Å². The molecule has 8 atom stereocenters. The Morgan fingerprint density at radius 3 is 1.72 bits per heavy atom. The molecule has 0 saturated heterocycles. The predicted octanol–water partition coefficient (Wildman–Crippen LogP) is 6.32. The lowest BCUT2D eigenvalue weighted by molar-refractivity contribution is -0.160. The van der Waals surface area contributed by atoms with Gasteiger partial charge in [-0.3, -0.25) is 4.79 Å². The van der Waals surface area contributed by atoms with Gasteiger partial charge in [0.2, 0.25) is 0 Å². The van der Waals surface area contributed by atoms with Crippen LogP contribution in [0.15, 0.2) is 12.2 Å². The molecule has 0 aliphatic heterocycles. The molecule has 2 N–H and O–H groups in total. The molecule has 182 valence electrons. The van der Waals surface area contributed by atoms with E-state index in [-0.39, 0.29) is 39.8 Å². The zero-order chi connectivity index (χ0) is 23.7. The van der Waals surface area contributed by atoms with E-state index in [9.17, 15) is 15.0 Å². The van der Waals surface area contributed by atoms with Crippen molar-refractivity contribution in [1.82, 2.24) is 0 Å². The second-order valence-corrected chi connectivity index (χ2v) is 13.8. The van der Waals surface area contributed by atoms with Crippen LogP contribution in [0.5, 0.6) is 0 Å². The number of allylic oxidation sites excluding steroid dienone is 1. The van der Waals surface area contributed by atoms with Gasteiger partial charge in [0.25, 0.3) is 0 Å². The summed E-state index contributed by atoms with van der Waals surface area (Å²) in [7, 11) is 0. The fraction of sp³-hybridized carbons (Fsp3) is 0.897. The molecular weight excluding hydrogens is 396 g/mol. The van der Waals surface area contributed by atoms with E-state index in [1.165, 1.54) is 5.57 Å². The lowest BCUT2D eigenvalue weighted by Gasteiger charge is -2.60. The summed E-state index contributed by atoms with van der Waals surface area (Å²) >= 11 is 0. The molecule has 0 heterocycles. The fourth-order valence-corrected chi connectivity index (χ4v) is 9.55. The summed E-state index contributed by atoms with van der Waals surface area (Å²) < 4.78 is 0. The van der Waals surface area contributed by atoms with Crippen LogP contribution in [0.2, 0.25) is 0 Å². The van der Waals surface area contributed by atoms with Crippen molar-refractivity contribution < 1.29 is 15.0 Å². The van der Waals surface area contributed by atoms with Gasteiger partial charge in [0, 0.05) is 12.3 Å². The van der Waals surface area contributed by atoms with Gasteiger partial charge in [-0.05, 0) is 97.2 Å². The number of carbonyl (C=O) groups is 1. The van der Waals surface area contributed by atoms with Crippen molar-refractivity contribution in [2.75, 3.05) is 0 Å². The number of ketones is 1. The van der Waals surface area contributed by atoms with E-state index in [2.05, 4.69) is 48.1 Å². The van der Waals surface area contributed by atoms with Gasteiger partial charge in [-0.15, -0.1) is 0 Å². The molecule has 4 aliphatic rings. The summed E-state index contributed by atoms with van der Waals surface area (Å²) in [6, 6.07) is 0. The Hall–Kier alpha value is -0.670. The molecular formula is C29H48O3. The maximum atomic E-state index is 13.3. The van der Waals surface area contributed by atoms with Crippen LogP contribution >= 0.6 is 0 Å². The highest BCUT2D eigenvalue weighted by atomic mass is 16.3. The Morgan fingerprint density at radius 2 is 1.19 bits per heavy atom. The van der Waals surface area contributed by atoms with E-state index in [0.29, 0.717) is 30.0 Å². The van der Waals surface area contributed by atoms with E-state index in [0.717, 1.165) is 57.8 Å². The monoisotopic (exact) mass is 444 g/mol. The standard InChI is InChI=1S/C29H48O3/c1-18-8-12-22-26(2,3)24(31)14-16-28(22,6)19(18)9-10-20-21(30)11-13-23-27(4,5)25(32)15-17-29(20,23)7/h19-20,22-25,31-32H,1,8-17H2,2-7H3/t19?,20?,22?,23?,24?,25?,28-,29-/m1/s1. The van der Waals surface area contributed by atoms with Crippen molar-refractivity contribution >= 4 is 5.78 Å². The molecule has 0 bridgehead atoms. The molecule has 6 unspecified atom stereocenters. The second kappa shape index (κ2) is 7.94. The van der Waals surface area contributed by atoms with Crippen LogP contribution in [0, 0.1) is 45.3 Å². The lowest BCUT2D eigenvalue weighted by Crippen LogP contribution is -2.57. The third kappa shape index (κ3) is 3.47. The van der Waals surface area contributed by atoms with E-state index >= 15 is 0 Å². The molecule has 4 fully saturated rings. The van der Waals surface area contributed by atoms with Crippen molar-refractivity contribution in [3.8, 4) is 0 Å². The van der Waals surface area contributed by atoms with Crippen molar-refractivity contribution in [2.24, 2.45) is 45.3 Å². The largest absolute Gasteiger partial charge is 0.393 e. The highest BCUT2D eigenvalue weighted by Gasteiger charge is 2.59. The Kier molecular flexibility index (Phi) is 6.07. The molecule has 0 aromatic heterocycles. The lowest BCUT2D eigenvalue weighted by atomic mass is 9.45. The van der Waals surface area contributed by atoms with Crippen LogP contribution in [0.4, 0.5) is 0 Å². The minimum atomic E-state index is -0.261. The van der Waals surface area contributed by atoms with Crippen molar-refractivity contribution in [1.29, 1.82) is 0 Å². The summed E-state index contributed by atoms with van der Waals surface area (Å²) in [4.78, 5) is 13.3. The number of aliphatic hydroxyl groups excluding tert-OH is 2. The number of fused-ring (bicyclic) bond motifs is 2. The van der Waals surface area contributed by atoms with Gasteiger partial charge in [-0.25, -0.2) is 0 Å². The Morgan fingerprint density at radius 1 is 0.750 bits per heavy atom. The van der Waals surface area contributed by atoms with E-state index in [1.807, 2.05) is 0 Å². The van der Waals surface area contributed by atoms with Gasteiger partial charge in [-0.1, -0.05) is 53.7 Å². The van der Waals surface area contributed by atoms with Crippen molar-refractivity contribution in [3.63, 3.8) is 0 Å². The van der Waals surface area contributed by atoms with E-state index < -0.39 is 0 Å². The molecule has 4 saturated carbocycles. The minimum Gasteiger partial charge on any atom is -0.393 e. The summed E-state index contributed by atoms with van der Waals surface area (Å²) in [5.41, 5.74) is 1.35. The molecule has 32 heavy (non-hydrogen) atoms. The van der Waals surface area contributed by atoms with Crippen LogP contribution < -0.4 is 0 Å². The number of Topliss-reactive ketones (excluding diaryl/α,β-unsaturated/α-hetero) is 1. The van der Waals surface area contributed by atoms with Crippen LogP contribution in [-0.4, -0.2) is 28.2 Å². The normalized spacial score (nSPS) is 48.1. The summed E-state index contributed by atoms with van der Waals surface area (Å²) in [5.74, 6) is 1.91. The molecule has 0 aromatic carbocycles. The molecule has 4 aliphatic carbocycles. The number of rotatable bonds is 3. The van der Waals surface area contributed by atoms with Gasteiger partial charge in [0.05, 0.1) is 12.2 Å². The van der Waals surface area contributed by atoms with Crippen LogP contribution in [-0.2, 0) is 4.79 Å². The smallest absolute Gasteiger partial charge is 0.136 e. The minimum absolute atomic E-state index is 0.00357. The Labute approximate surface area is 196 Å². The summed E-state index contributed by atoms with van der Waals surface area (Å²) in [6.45, 7) is 18.3. The number of aliphatic hydroxyl groups is 2. The maximum Gasteiger partial charge on any atom is 0.136 e. The zero-order valence-corrected chi connectivity index (χ0v) is 21.5. The highest BCUT2D eigenvalue weighted by Crippen LogP contribution is 2.64. The van der Waals surface area contributed by atoms with Crippen LogP contribution in [0.3, 0.4) is 0 Å². The van der Waals surface area contributed by atoms with E-state index in [1.54, 1.807) is 0 Å². The molecule has 4 rings (SSSR count). The van der Waals surface area contributed by atoms with Crippen molar-refractivity contribution in [2.45, 2.75) is 118 Å². The number of hydrogen-bond acceptors (Lipinski definition) is 3. The average Bonchev–Trinajstić information content (AvgIpc) is 2.69. The molecule has 0 aromatic rings. The Balaban J connectivity index is 1.57. The van der Waals surface area contributed by atoms with Gasteiger partial charge < -0.3 is 10.2 Å². The average molecular weight is 445 g/mol. The van der Waals surface area contributed by atoms with Crippen LogP contribution in [0.25, 0.3) is 0 Å². The van der Waals surface area contributed by atoms with Gasteiger partial charge in [-0.2, -0.15) is 0 Å². The zero-order valence-electron chi connectivity index (χ0n) is 21.5. The quantitative estimate of drug-likeness (QED) is 0.501.